The number of hydrogen-bond donors (Lipinski definition) is 1. The second-order valence-corrected chi connectivity index (χ2v) is 6.29. The molecule has 0 radical (unpaired) electrons. The first-order valence-corrected chi connectivity index (χ1v) is 7.35. The van der Waals surface area contributed by atoms with E-state index < -0.39 is 0 Å². The van der Waals surface area contributed by atoms with Crippen molar-refractivity contribution in [3.8, 4) is 0 Å². The van der Waals surface area contributed by atoms with Crippen molar-refractivity contribution in [2.45, 2.75) is 33.6 Å². The largest absolute Gasteiger partial charge is 0.316 e. The number of hydrogen-bond acceptors (Lipinski definition) is 2. The highest BCUT2D eigenvalue weighted by Crippen LogP contribution is 2.24. The van der Waals surface area contributed by atoms with E-state index in [2.05, 4.69) is 55.6 Å². The van der Waals surface area contributed by atoms with Crippen LogP contribution in [0.2, 0.25) is 0 Å². The minimum atomic E-state index is 0.205. The summed E-state index contributed by atoms with van der Waals surface area (Å²) in [6, 6.07) is 2.22. The average Bonchev–Trinajstić information content (AvgIpc) is 2.79. The Morgan fingerprint density at radius 3 is 2.82 bits per heavy atom. The van der Waals surface area contributed by atoms with Gasteiger partial charge in [0.25, 0.3) is 0 Å². The van der Waals surface area contributed by atoms with E-state index in [1.165, 1.54) is 12.0 Å². The summed E-state index contributed by atoms with van der Waals surface area (Å²) in [6.45, 7) is 12.9. The average molecular weight is 251 g/mol. The van der Waals surface area contributed by atoms with Crippen molar-refractivity contribution in [2.75, 3.05) is 13.1 Å². The molecule has 0 amide bonds. The smallest absolute Gasteiger partial charge is 0.00400 e. The van der Waals surface area contributed by atoms with Gasteiger partial charge in [0.15, 0.2) is 0 Å². The highest BCUT2D eigenvalue weighted by atomic mass is 32.1. The van der Waals surface area contributed by atoms with Crippen LogP contribution in [0.15, 0.2) is 29.5 Å². The lowest BCUT2D eigenvalue weighted by Gasteiger charge is -2.26. The predicted octanol–water partition coefficient (Wildman–Crippen LogP) is 4.12. The van der Waals surface area contributed by atoms with Crippen molar-refractivity contribution in [2.24, 2.45) is 11.3 Å². The fraction of sp³-hybridized carbons (Fsp3) is 0.600. The van der Waals surface area contributed by atoms with Crippen molar-refractivity contribution in [1.82, 2.24) is 5.32 Å². The lowest BCUT2D eigenvalue weighted by Crippen LogP contribution is -2.32. The normalized spacial score (nSPS) is 14.8. The van der Waals surface area contributed by atoms with Crippen molar-refractivity contribution in [1.29, 1.82) is 0 Å². The zero-order valence-electron chi connectivity index (χ0n) is 11.3. The molecule has 1 N–H and O–H groups in total. The third kappa shape index (κ3) is 5.51. The molecule has 1 unspecified atom stereocenters. The molecule has 0 aliphatic rings. The van der Waals surface area contributed by atoms with E-state index in [0.717, 1.165) is 19.5 Å². The first kappa shape index (κ1) is 14.5. The fourth-order valence-electron chi connectivity index (χ4n) is 1.77. The highest BCUT2D eigenvalue weighted by Gasteiger charge is 2.19. The third-order valence-electron chi connectivity index (χ3n) is 3.14. The number of nitrogens with one attached hydrogen (secondary N) is 1. The Labute approximate surface area is 110 Å². The van der Waals surface area contributed by atoms with Gasteiger partial charge in [-0.25, -0.2) is 0 Å². The van der Waals surface area contributed by atoms with Crippen molar-refractivity contribution >= 4 is 11.3 Å². The van der Waals surface area contributed by atoms with Crippen LogP contribution in [0.4, 0.5) is 0 Å². The maximum Gasteiger partial charge on any atom is 0.00400 e. The molecular weight excluding hydrogens is 226 g/mol. The SMILES string of the molecule is C=CC(C)(CCc1ccsc1)CNCC(C)C. The monoisotopic (exact) mass is 251 g/mol. The van der Waals surface area contributed by atoms with E-state index in [4.69, 9.17) is 0 Å². The minimum Gasteiger partial charge on any atom is -0.316 e. The highest BCUT2D eigenvalue weighted by molar-refractivity contribution is 7.07. The Balaban J connectivity index is 2.36. The molecule has 96 valence electrons. The van der Waals surface area contributed by atoms with Crippen LogP contribution < -0.4 is 5.32 Å². The minimum absolute atomic E-state index is 0.205. The van der Waals surface area contributed by atoms with Crippen LogP contribution in [0.1, 0.15) is 32.8 Å². The van der Waals surface area contributed by atoms with Crippen molar-refractivity contribution in [3.05, 3.63) is 35.0 Å². The van der Waals surface area contributed by atoms with Gasteiger partial charge in [0.1, 0.15) is 0 Å². The molecule has 1 aromatic rings. The Morgan fingerprint density at radius 1 is 1.53 bits per heavy atom. The Kier molecular flexibility index (Phi) is 5.93. The van der Waals surface area contributed by atoms with Crippen molar-refractivity contribution in [3.63, 3.8) is 0 Å². The molecule has 1 nitrogen and oxygen atoms in total. The zero-order chi connectivity index (χ0) is 12.7. The summed E-state index contributed by atoms with van der Waals surface area (Å²) in [5, 5.41) is 7.93. The molecule has 0 saturated carbocycles. The lowest BCUT2D eigenvalue weighted by atomic mass is 9.84. The van der Waals surface area contributed by atoms with Crippen LogP contribution in [-0.4, -0.2) is 13.1 Å². The Hall–Kier alpha value is -0.600. The molecule has 1 aromatic heterocycles. The number of aryl methyl sites for hydroxylation is 1. The van der Waals surface area contributed by atoms with Gasteiger partial charge in [0.2, 0.25) is 0 Å². The van der Waals surface area contributed by atoms with Gasteiger partial charge in [-0.1, -0.05) is 26.8 Å². The van der Waals surface area contributed by atoms with Crippen molar-refractivity contribution < 1.29 is 0 Å². The quantitative estimate of drug-likeness (QED) is 0.685. The van der Waals surface area contributed by atoms with Crippen LogP contribution in [-0.2, 0) is 6.42 Å². The molecule has 0 aromatic carbocycles. The zero-order valence-corrected chi connectivity index (χ0v) is 12.1. The first-order valence-electron chi connectivity index (χ1n) is 6.41. The standard InChI is InChI=1S/C15H25NS/c1-5-15(4,12-16-10-13(2)3)8-6-14-7-9-17-11-14/h5,7,9,11,13,16H,1,6,8,10,12H2,2-4H3. The molecule has 0 spiro atoms. The summed E-state index contributed by atoms with van der Waals surface area (Å²) < 4.78 is 0. The van der Waals surface area contributed by atoms with E-state index >= 15 is 0 Å². The van der Waals surface area contributed by atoms with Gasteiger partial charge >= 0.3 is 0 Å². The lowest BCUT2D eigenvalue weighted by molar-refractivity contribution is 0.355. The Morgan fingerprint density at radius 2 is 2.29 bits per heavy atom. The second kappa shape index (κ2) is 6.97. The van der Waals surface area contributed by atoms with E-state index in [1.807, 2.05) is 0 Å². The second-order valence-electron chi connectivity index (χ2n) is 5.51. The summed E-state index contributed by atoms with van der Waals surface area (Å²) in [5.74, 6) is 0.709. The van der Waals surface area contributed by atoms with Crippen LogP contribution in [0, 0.1) is 11.3 Å². The molecule has 0 bridgehead atoms. The molecule has 0 aliphatic heterocycles. The van der Waals surface area contributed by atoms with Gasteiger partial charge in [0, 0.05) is 6.54 Å². The van der Waals surface area contributed by atoms with Crippen LogP contribution in [0.25, 0.3) is 0 Å². The maximum atomic E-state index is 3.99. The molecule has 0 aliphatic carbocycles. The maximum absolute atomic E-state index is 3.99. The van der Waals surface area contributed by atoms with Crippen LogP contribution in [0.5, 0.6) is 0 Å². The van der Waals surface area contributed by atoms with Crippen LogP contribution in [0.3, 0.4) is 0 Å². The molecule has 0 saturated heterocycles. The molecule has 2 heteroatoms. The van der Waals surface area contributed by atoms with Gasteiger partial charge in [-0.05, 0) is 53.1 Å². The summed E-state index contributed by atoms with van der Waals surface area (Å²) >= 11 is 1.78. The van der Waals surface area contributed by atoms with Crippen LogP contribution >= 0.6 is 11.3 Å². The molecule has 1 rings (SSSR count). The van der Waals surface area contributed by atoms with Gasteiger partial charge in [-0.15, -0.1) is 6.58 Å². The van der Waals surface area contributed by atoms with E-state index in [1.54, 1.807) is 11.3 Å². The van der Waals surface area contributed by atoms with Gasteiger partial charge in [-0.3, -0.25) is 0 Å². The summed E-state index contributed by atoms with van der Waals surface area (Å²) in [6.07, 6.45) is 4.42. The Bertz CT molecular complexity index is 316. The topological polar surface area (TPSA) is 12.0 Å². The molecule has 1 heterocycles. The molecule has 0 fully saturated rings. The third-order valence-corrected chi connectivity index (χ3v) is 3.87. The van der Waals surface area contributed by atoms with E-state index in [0.29, 0.717) is 5.92 Å². The number of thiophene rings is 1. The van der Waals surface area contributed by atoms with Gasteiger partial charge in [-0.2, -0.15) is 11.3 Å². The molecule has 1 atom stereocenters. The first-order chi connectivity index (χ1) is 8.06. The van der Waals surface area contributed by atoms with Gasteiger partial charge < -0.3 is 5.32 Å². The summed E-state index contributed by atoms with van der Waals surface area (Å²) in [4.78, 5) is 0. The summed E-state index contributed by atoms with van der Waals surface area (Å²) in [5.41, 5.74) is 1.66. The van der Waals surface area contributed by atoms with E-state index in [9.17, 15) is 0 Å². The van der Waals surface area contributed by atoms with Gasteiger partial charge in [0.05, 0.1) is 0 Å². The summed E-state index contributed by atoms with van der Waals surface area (Å²) in [7, 11) is 0. The number of rotatable bonds is 8. The van der Waals surface area contributed by atoms with E-state index in [-0.39, 0.29) is 5.41 Å². The molecular formula is C15H25NS. The molecule has 17 heavy (non-hydrogen) atoms. The fourth-order valence-corrected chi connectivity index (χ4v) is 2.48. The predicted molar refractivity (Wildman–Crippen MR) is 78.7 cm³/mol.